The molecule has 1 atom stereocenters. The zero-order chi connectivity index (χ0) is 20.2. The van der Waals surface area contributed by atoms with Crippen LogP contribution >= 0.6 is 0 Å². The molecule has 1 unspecified atom stereocenters. The molecule has 0 bridgehead atoms. The zero-order valence-corrected chi connectivity index (χ0v) is 17.0. The van der Waals surface area contributed by atoms with Crippen molar-refractivity contribution >= 4 is 34.3 Å². The van der Waals surface area contributed by atoms with Gasteiger partial charge in [-0.2, -0.15) is 10.2 Å². The van der Waals surface area contributed by atoms with Crippen LogP contribution in [0.1, 0.15) is 32.5 Å². The predicted molar refractivity (Wildman–Crippen MR) is 107 cm³/mol. The number of cyclic esters (lactones) is 1. The molecule has 0 aromatic carbocycles. The number of amides is 1. The van der Waals surface area contributed by atoms with Gasteiger partial charge >= 0.3 is 6.09 Å². The third-order valence-electron chi connectivity index (χ3n) is 4.96. The number of carbonyl (C=O) groups is 1. The molecule has 4 heterocycles. The summed E-state index contributed by atoms with van der Waals surface area (Å²) in [6.07, 6.45) is 3.22. The summed E-state index contributed by atoms with van der Waals surface area (Å²) in [5.41, 5.74) is 4.39. The van der Waals surface area contributed by atoms with E-state index >= 15 is 0 Å². The average Bonchev–Trinajstić information content (AvgIpc) is 3.31. The van der Waals surface area contributed by atoms with E-state index < -0.39 is 0 Å². The highest BCUT2D eigenvalue weighted by atomic mass is 16.6. The molecule has 0 aliphatic carbocycles. The highest BCUT2D eigenvalue weighted by molar-refractivity contribution is 5.97. The molecule has 28 heavy (non-hydrogen) atoms. The maximum atomic E-state index is 12.3. The number of pyridine rings is 1. The Kier molecular flexibility index (Phi) is 4.24. The fraction of sp³-hybridized carbons (Fsp3) is 0.474. The normalized spacial score (nSPS) is 17.0. The first-order chi connectivity index (χ1) is 13.3. The summed E-state index contributed by atoms with van der Waals surface area (Å²) in [7, 11) is 3.86. The van der Waals surface area contributed by atoms with Gasteiger partial charge in [-0.3, -0.25) is 14.3 Å². The first kappa shape index (κ1) is 18.3. The van der Waals surface area contributed by atoms with Gasteiger partial charge in [0.15, 0.2) is 0 Å². The fourth-order valence-electron chi connectivity index (χ4n) is 3.53. The lowest BCUT2D eigenvalue weighted by molar-refractivity contribution is 0.150. The van der Waals surface area contributed by atoms with E-state index in [0.717, 1.165) is 28.1 Å². The van der Waals surface area contributed by atoms with Gasteiger partial charge in [0, 0.05) is 32.4 Å². The molecule has 3 aromatic rings. The molecule has 1 amide bonds. The highest BCUT2D eigenvalue weighted by Crippen LogP contribution is 2.36. The van der Waals surface area contributed by atoms with Crippen LogP contribution in [0.4, 0.5) is 22.0 Å². The van der Waals surface area contributed by atoms with Crippen LogP contribution in [0, 0.1) is 6.92 Å². The van der Waals surface area contributed by atoms with Gasteiger partial charge in [0.25, 0.3) is 0 Å². The number of rotatable bonds is 4. The van der Waals surface area contributed by atoms with Crippen LogP contribution in [-0.2, 0) is 11.8 Å². The molecule has 1 saturated heterocycles. The summed E-state index contributed by atoms with van der Waals surface area (Å²) in [6, 6.07) is 2.09. The minimum atomic E-state index is -0.372. The van der Waals surface area contributed by atoms with Gasteiger partial charge in [-0.15, -0.1) is 0 Å². The van der Waals surface area contributed by atoms with E-state index in [1.807, 2.05) is 49.8 Å². The number of carbonyl (C=O) groups excluding carboxylic acids is 1. The summed E-state index contributed by atoms with van der Waals surface area (Å²) in [4.78, 5) is 20.7. The van der Waals surface area contributed by atoms with Crippen LogP contribution in [0.2, 0.25) is 0 Å². The van der Waals surface area contributed by atoms with E-state index in [0.29, 0.717) is 12.4 Å². The smallest absolute Gasteiger partial charge is 0.415 e. The number of ether oxygens (including phenoxy) is 1. The molecule has 9 nitrogen and oxygen atoms in total. The Labute approximate surface area is 163 Å². The first-order valence-electron chi connectivity index (χ1n) is 9.36. The second kappa shape index (κ2) is 6.50. The summed E-state index contributed by atoms with van der Waals surface area (Å²) in [6.45, 7) is 8.48. The standard InChI is InChI=1S/C19H25N7O2/c1-11(2)26-18-15(24(6)14-8-20-23(5)10-14)7-16(21-17(18)13(4)22-26)25-9-12(3)28-19(25)27/h7-8,10-12H,9H2,1-6H3. The molecule has 0 radical (unpaired) electrons. The van der Waals surface area contributed by atoms with Crippen molar-refractivity contribution in [2.24, 2.45) is 7.05 Å². The second-order valence-electron chi connectivity index (χ2n) is 7.56. The molecule has 9 heteroatoms. The van der Waals surface area contributed by atoms with E-state index in [-0.39, 0.29) is 18.2 Å². The van der Waals surface area contributed by atoms with Gasteiger partial charge in [-0.1, -0.05) is 0 Å². The number of anilines is 3. The Morgan fingerprint density at radius 1 is 1.36 bits per heavy atom. The molecular weight excluding hydrogens is 358 g/mol. The van der Waals surface area contributed by atoms with Crippen molar-refractivity contribution in [2.75, 3.05) is 23.4 Å². The van der Waals surface area contributed by atoms with Gasteiger partial charge in [0.1, 0.15) is 23.0 Å². The van der Waals surface area contributed by atoms with Crippen molar-refractivity contribution in [3.8, 4) is 0 Å². The lowest BCUT2D eigenvalue weighted by Gasteiger charge is -2.22. The number of aryl methyl sites for hydroxylation is 2. The van der Waals surface area contributed by atoms with Crippen molar-refractivity contribution in [1.82, 2.24) is 24.5 Å². The van der Waals surface area contributed by atoms with Crippen molar-refractivity contribution in [3.63, 3.8) is 0 Å². The third kappa shape index (κ3) is 2.87. The SMILES string of the molecule is Cc1nn(C(C)C)c2c(N(C)c3cnn(C)c3)cc(N3CC(C)OC3=O)nc12. The Hall–Kier alpha value is -3.10. The predicted octanol–water partition coefficient (Wildman–Crippen LogP) is 3.17. The molecule has 1 aliphatic rings. The lowest BCUT2D eigenvalue weighted by atomic mass is 10.2. The lowest BCUT2D eigenvalue weighted by Crippen LogP contribution is -2.25. The number of hydrogen-bond donors (Lipinski definition) is 0. The Morgan fingerprint density at radius 2 is 2.11 bits per heavy atom. The van der Waals surface area contributed by atoms with Crippen molar-refractivity contribution in [3.05, 3.63) is 24.2 Å². The number of aromatic nitrogens is 5. The maximum absolute atomic E-state index is 12.3. The largest absolute Gasteiger partial charge is 0.444 e. The van der Waals surface area contributed by atoms with Crippen LogP contribution < -0.4 is 9.80 Å². The molecule has 1 fully saturated rings. The van der Waals surface area contributed by atoms with Crippen LogP contribution in [-0.4, -0.2) is 50.3 Å². The Bertz CT molecular complexity index is 1050. The van der Waals surface area contributed by atoms with Gasteiger partial charge in [-0.25, -0.2) is 9.78 Å². The summed E-state index contributed by atoms with van der Waals surface area (Å²) < 4.78 is 9.04. The molecule has 3 aromatic heterocycles. The molecule has 0 spiro atoms. The Balaban J connectivity index is 1.95. The molecule has 0 N–H and O–H groups in total. The van der Waals surface area contributed by atoms with Crippen molar-refractivity contribution < 1.29 is 9.53 Å². The van der Waals surface area contributed by atoms with Gasteiger partial charge < -0.3 is 9.64 Å². The second-order valence-corrected chi connectivity index (χ2v) is 7.56. The van der Waals surface area contributed by atoms with E-state index in [4.69, 9.17) is 14.8 Å². The van der Waals surface area contributed by atoms with Crippen LogP contribution in [0.3, 0.4) is 0 Å². The van der Waals surface area contributed by atoms with E-state index in [2.05, 4.69) is 18.9 Å². The first-order valence-corrected chi connectivity index (χ1v) is 9.36. The van der Waals surface area contributed by atoms with E-state index in [1.165, 1.54) is 0 Å². The Morgan fingerprint density at radius 3 is 2.68 bits per heavy atom. The van der Waals surface area contributed by atoms with E-state index in [9.17, 15) is 4.79 Å². The average molecular weight is 383 g/mol. The summed E-state index contributed by atoms with van der Waals surface area (Å²) in [5, 5.41) is 8.99. The van der Waals surface area contributed by atoms with Gasteiger partial charge in [0.05, 0.1) is 29.8 Å². The number of fused-ring (bicyclic) bond motifs is 1. The minimum absolute atomic E-state index is 0.163. The number of hydrogen-bond acceptors (Lipinski definition) is 6. The quantitative estimate of drug-likeness (QED) is 0.688. The zero-order valence-electron chi connectivity index (χ0n) is 17.0. The van der Waals surface area contributed by atoms with Crippen LogP contribution in [0.25, 0.3) is 11.0 Å². The summed E-state index contributed by atoms with van der Waals surface area (Å²) >= 11 is 0. The maximum Gasteiger partial charge on any atom is 0.415 e. The van der Waals surface area contributed by atoms with E-state index in [1.54, 1.807) is 15.8 Å². The van der Waals surface area contributed by atoms with Gasteiger partial charge in [0.2, 0.25) is 0 Å². The molecule has 4 rings (SSSR count). The molecule has 1 aliphatic heterocycles. The minimum Gasteiger partial charge on any atom is -0.444 e. The van der Waals surface area contributed by atoms with Gasteiger partial charge in [-0.05, 0) is 27.7 Å². The highest BCUT2D eigenvalue weighted by Gasteiger charge is 2.32. The molecule has 148 valence electrons. The van der Waals surface area contributed by atoms with Crippen molar-refractivity contribution in [1.29, 1.82) is 0 Å². The topological polar surface area (TPSA) is 81.3 Å². The van der Waals surface area contributed by atoms with Crippen LogP contribution in [0.5, 0.6) is 0 Å². The summed E-state index contributed by atoms with van der Waals surface area (Å²) in [5.74, 6) is 0.569. The van der Waals surface area contributed by atoms with Crippen LogP contribution in [0.15, 0.2) is 18.5 Å². The number of nitrogens with zero attached hydrogens (tertiary/aromatic N) is 7. The third-order valence-corrected chi connectivity index (χ3v) is 4.96. The van der Waals surface area contributed by atoms with Crippen molar-refractivity contribution in [2.45, 2.75) is 39.8 Å². The fourth-order valence-corrected chi connectivity index (χ4v) is 3.53. The molecular formula is C19H25N7O2. The molecule has 0 saturated carbocycles. The monoisotopic (exact) mass is 383 g/mol.